The monoisotopic (exact) mass is 203 g/mol. The molecule has 0 saturated carbocycles. The minimum Gasteiger partial charge on any atom is -0.390 e. The third kappa shape index (κ3) is 5.55. The molecule has 1 aliphatic heterocycles. The number of hydrogen-bond acceptors (Lipinski definition) is 3. The van der Waals surface area contributed by atoms with E-state index in [4.69, 9.17) is 0 Å². The molecule has 1 heterocycles. The average Bonchev–Trinajstić information content (AvgIpc) is 2.48. The molecule has 0 aliphatic carbocycles. The summed E-state index contributed by atoms with van der Waals surface area (Å²) in [6, 6.07) is 0. The Morgan fingerprint density at radius 1 is 1.54 bits per heavy atom. The van der Waals surface area contributed by atoms with Crippen LogP contribution in [0.2, 0.25) is 0 Å². The lowest BCUT2D eigenvalue weighted by Crippen LogP contribution is -2.29. The van der Waals surface area contributed by atoms with Crippen LogP contribution < -0.4 is 5.32 Å². The van der Waals surface area contributed by atoms with E-state index < -0.39 is 5.60 Å². The fourth-order valence-corrected chi connectivity index (χ4v) is 2.73. The van der Waals surface area contributed by atoms with Crippen LogP contribution in [0.3, 0.4) is 0 Å². The largest absolute Gasteiger partial charge is 0.390 e. The van der Waals surface area contributed by atoms with Gasteiger partial charge in [-0.25, -0.2) is 0 Å². The molecule has 0 amide bonds. The van der Waals surface area contributed by atoms with Gasteiger partial charge in [0, 0.05) is 0 Å². The Bertz CT molecular complexity index is 138. The molecule has 0 bridgehead atoms. The van der Waals surface area contributed by atoms with Crippen LogP contribution in [0, 0.1) is 5.92 Å². The zero-order valence-corrected chi connectivity index (χ0v) is 9.49. The first-order valence-corrected chi connectivity index (χ1v) is 6.24. The standard InChI is InChI=1S/C10H21NOS/c1-10(2,12)4-5-11-7-9-3-6-13-8-9/h9,11-12H,3-8H2,1-2H3. The molecule has 1 aliphatic rings. The summed E-state index contributed by atoms with van der Waals surface area (Å²) >= 11 is 2.06. The van der Waals surface area contributed by atoms with E-state index in [0.29, 0.717) is 0 Å². The van der Waals surface area contributed by atoms with Gasteiger partial charge in [-0.05, 0) is 57.2 Å². The fourth-order valence-electron chi connectivity index (χ4n) is 1.44. The first-order valence-electron chi connectivity index (χ1n) is 5.09. The molecule has 1 atom stereocenters. The van der Waals surface area contributed by atoms with Crippen molar-refractivity contribution < 1.29 is 5.11 Å². The summed E-state index contributed by atoms with van der Waals surface area (Å²) in [5, 5.41) is 12.9. The van der Waals surface area contributed by atoms with Gasteiger partial charge >= 0.3 is 0 Å². The molecule has 1 unspecified atom stereocenters. The number of aliphatic hydroxyl groups is 1. The summed E-state index contributed by atoms with van der Waals surface area (Å²) in [6.45, 7) is 5.79. The van der Waals surface area contributed by atoms with E-state index in [0.717, 1.165) is 25.4 Å². The molecular formula is C10H21NOS. The lowest BCUT2D eigenvalue weighted by Gasteiger charge is -2.18. The van der Waals surface area contributed by atoms with E-state index in [9.17, 15) is 5.11 Å². The van der Waals surface area contributed by atoms with E-state index in [-0.39, 0.29) is 0 Å². The van der Waals surface area contributed by atoms with Crippen molar-refractivity contribution in [1.29, 1.82) is 0 Å². The predicted molar refractivity (Wildman–Crippen MR) is 59.2 cm³/mol. The van der Waals surface area contributed by atoms with Gasteiger partial charge in [0.05, 0.1) is 5.60 Å². The van der Waals surface area contributed by atoms with Crippen molar-refractivity contribution in [3.05, 3.63) is 0 Å². The van der Waals surface area contributed by atoms with Crippen LogP contribution >= 0.6 is 11.8 Å². The summed E-state index contributed by atoms with van der Waals surface area (Å²) in [5.74, 6) is 3.51. The Hall–Kier alpha value is 0.270. The first-order chi connectivity index (χ1) is 6.08. The second kappa shape index (κ2) is 5.23. The van der Waals surface area contributed by atoms with Crippen molar-refractivity contribution in [1.82, 2.24) is 5.32 Å². The molecule has 2 N–H and O–H groups in total. The highest BCUT2D eigenvalue weighted by atomic mass is 32.2. The van der Waals surface area contributed by atoms with Crippen molar-refractivity contribution >= 4 is 11.8 Å². The van der Waals surface area contributed by atoms with Gasteiger partial charge in [-0.2, -0.15) is 11.8 Å². The zero-order chi connectivity index (χ0) is 9.73. The molecular weight excluding hydrogens is 182 g/mol. The maximum Gasteiger partial charge on any atom is 0.0603 e. The SMILES string of the molecule is CC(C)(O)CCNCC1CCSC1. The Labute approximate surface area is 85.5 Å². The van der Waals surface area contributed by atoms with Crippen LogP contribution in [-0.2, 0) is 0 Å². The van der Waals surface area contributed by atoms with Crippen LogP contribution in [-0.4, -0.2) is 35.3 Å². The average molecular weight is 203 g/mol. The summed E-state index contributed by atoms with van der Waals surface area (Å²) < 4.78 is 0. The molecule has 1 rings (SSSR count). The number of hydrogen-bond donors (Lipinski definition) is 2. The number of thioether (sulfide) groups is 1. The van der Waals surface area contributed by atoms with E-state index in [1.165, 1.54) is 17.9 Å². The maximum absolute atomic E-state index is 9.47. The second-order valence-electron chi connectivity index (χ2n) is 4.50. The smallest absolute Gasteiger partial charge is 0.0603 e. The van der Waals surface area contributed by atoms with Crippen molar-refractivity contribution in [3.63, 3.8) is 0 Å². The third-order valence-electron chi connectivity index (χ3n) is 2.37. The molecule has 0 aromatic heterocycles. The van der Waals surface area contributed by atoms with Crippen molar-refractivity contribution in [2.45, 2.75) is 32.3 Å². The molecule has 1 saturated heterocycles. The van der Waals surface area contributed by atoms with Crippen LogP contribution in [0.25, 0.3) is 0 Å². The van der Waals surface area contributed by atoms with E-state index in [1.807, 2.05) is 13.8 Å². The fraction of sp³-hybridized carbons (Fsp3) is 1.00. The zero-order valence-electron chi connectivity index (χ0n) is 8.68. The van der Waals surface area contributed by atoms with E-state index >= 15 is 0 Å². The molecule has 78 valence electrons. The minimum atomic E-state index is -0.516. The Balaban J connectivity index is 1.94. The highest BCUT2D eigenvalue weighted by Gasteiger charge is 2.15. The Kier molecular flexibility index (Phi) is 4.56. The van der Waals surface area contributed by atoms with Gasteiger partial charge in [0.25, 0.3) is 0 Å². The summed E-state index contributed by atoms with van der Waals surface area (Å²) in [6.07, 6.45) is 2.20. The van der Waals surface area contributed by atoms with Crippen LogP contribution in [0.4, 0.5) is 0 Å². The lowest BCUT2D eigenvalue weighted by atomic mass is 10.1. The number of rotatable bonds is 5. The highest BCUT2D eigenvalue weighted by Crippen LogP contribution is 2.22. The highest BCUT2D eigenvalue weighted by molar-refractivity contribution is 7.99. The van der Waals surface area contributed by atoms with Gasteiger partial charge in [-0.3, -0.25) is 0 Å². The third-order valence-corrected chi connectivity index (χ3v) is 3.60. The Morgan fingerprint density at radius 3 is 2.85 bits per heavy atom. The van der Waals surface area contributed by atoms with Crippen molar-refractivity contribution in [3.8, 4) is 0 Å². The van der Waals surface area contributed by atoms with Gasteiger partial charge in [0.1, 0.15) is 0 Å². The first kappa shape index (κ1) is 11.3. The topological polar surface area (TPSA) is 32.3 Å². The molecule has 0 radical (unpaired) electrons. The quantitative estimate of drug-likeness (QED) is 0.664. The van der Waals surface area contributed by atoms with Gasteiger partial charge in [0.15, 0.2) is 0 Å². The van der Waals surface area contributed by atoms with Crippen LogP contribution in [0.15, 0.2) is 0 Å². The summed E-state index contributed by atoms with van der Waals surface area (Å²) in [7, 11) is 0. The molecule has 0 spiro atoms. The van der Waals surface area contributed by atoms with Crippen molar-refractivity contribution in [2.75, 3.05) is 24.6 Å². The summed E-state index contributed by atoms with van der Waals surface area (Å²) in [4.78, 5) is 0. The van der Waals surface area contributed by atoms with Crippen molar-refractivity contribution in [2.24, 2.45) is 5.92 Å². The van der Waals surface area contributed by atoms with E-state index in [2.05, 4.69) is 17.1 Å². The number of nitrogens with one attached hydrogen (secondary N) is 1. The van der Waals surface area contributed by atoms with E-state index in [1.54, 1.807) is 0 Å². The van der Waals surface area contributed by atoms with Gasteiger partial charge in [-0.15, -0.1) is 0 Å². The molecule has 2 nitrogen and oxygen atoms in total. The molecule has 3 heteroatoms. The van der Waals surface area contributed by atoms with Gasteiger partial charge in [0.2, 0.25) is 0 Å². The second-order valence-corrected chi connectivity index (χ2v) is 5.65. The maximum atomic E-state index is 9.47. The van der Waals surface area contributed by atoms with Crippen LogP contribution in [0.5, 0.6) is 0 Å². The Morgan fingerprint density at radius 2 is 2.31 bits per heavy atom. The molecule has 0 aromatic rings. The molecule has 1 fully saturated rings. The predicted octanol–water partition coefficient (Wildman–Crippen LogP) is 1.49. The normalized spacial score (nSPS) is 23.8. The van der Waals surface area contributed by atoms with Gasteiger partial charge < -0.3 is 10.4 Å². The molecule has 0 aromatic carbocycles. The van der Waals surface area contributed by atoms with Crippen LogP contribution in [0.1, 0.15) is 26.7 Å². The lowest BCUT2D eigenvalue weighted by molar-refractivity contribution is 0.0710. The van der Waals surface area contributed by atoms with Gasteiger partial charge in [-0.1, -0.05) is 0 Å². The molecule has 13 heavy (non-hydrogen) atoms. The minimum absolute atomic E-state index is 0.516. The summed E-state index contributed by atoms with van der Waals surface area (Å²) in [5.41, 5.74) is -0.516.